The summed E-state index contributed by atoms with van der Waals surface area (Å²) >= 11 is 0.495. The molecule has 3 N–H and O–H groups in total. The van der Waals surface area contributed by atoms with Gasteiger partial charge in [0.1, 0.15) is 26.8 Å². The number of aromatic nitrogens is 6. The average Bonchev–Trinajstić information content (AvgIpc) is 3.61. The molecule has 0 unspecified atom stereocenters. The van der Waals surface area contributed by atoms with Crippen LogP contribution in [-0.4, -0.2) is 41.2 Å². The first-order valence-electron chi connectivity index (χ1n) is 11.9. The van der Waals surface area contributed by atoms with Crippen molar-refractivity contribution in [2.45, 2.75) is 39.4 Å². The van der Waals surface area contributed by atoms with Gasteiger partial charge >= 0.3 is 6.18 Å². The number of carbonyl (C=O) groups excluding carboxylic acids is 2. The van der Waals surface area contributed by atoms with E-state index in [1.807, 2.05) is 0 Å². The van der Waals surface area contributed by atoms with Crippen LogP contribution < -0.4 is 11.1 Å². The van der Waals surface area contributed by atoms with Gasteiger partial charge in [-0.15, -0.1) is 11.3 Å². The number of nitrogens with two attached hydrogens (primary N) is 1. The number of thiophene rings is 1. The zero-order valence-corrected chi connectivity index (χ0v) is 22.1. The minimum Gasteiger partial charge on any atom is -0.365 e. The number of halogens is 7. The van der Waals surface area contributed by atoms with Gasteiger partial charge in [-0.25, -0.2) is 32.0 Å². The summed E-state index contributed by atoms with van der Waals surface area (Å²) in [7, 11) is 0. The molecule has 42 heavy (non-hydrogen) atoms. The van der Waals surface area contributed by atoms with Gasteiger partial charge in [0.05, 0.1) is 11.4 Å². The Labute approximate surface area is 234 Å². The Hall–Kier alpha value is -4.61. The second kappa shape index (κ2) is 10.3. The van der Waals surface area contributed by atoms with E-state index < -0.39 is 59.3 Å². The number of nitrogens with one attached hydrogen (secondary N) is 1. The Morgan fingerprint density at radius 1 is 1.05 bits per heavy atom. The van der Waals surface area contributed by atoms with Gasteiger partial charge in [-0.3, -0.25) is 14.3 Å². The van der Waals surface area contributed by atoms with Crippen molar-refractivity contribution in [1.82, 2.24) is 29.4 Å². The lowest BCUT2D eigenvalue weighted by Crippen LogP contribution is -2.17. The van der Waals surface area contributed by atoms with Crippen LogP contribution in [0.1, 0.15) is 62.7 Å². The van der Waals surface area contributed by atoms with E-state index in [9.17, 15) is 40.3 Å². The molecule has 0 spiro atoms. The van der Waals surface area contributed by atoms with Crippen LogP contribution in [0.25, 0.3) is 27.0 Å². The van der Waals surface area contributed by atoms with Crippen LogP contribution in [0, 0.1) is 6.92 Å². The number of anilines is 1. The smallest absolute Gasteiger partial charge is 0.365 e. The van der Waals surface area contributed by atoms with Crippen molar-refractivity contribution in [2.75, 3.05) is 5.32 Å². The van der Waals surface area contributed by atoms with E-state index in [2.05, 4.69) is 25.5 Å². The monoisotopic (exact) mass is 614 g/mol. The fourth-order valence-electron chi connectivity index (χ4n) is 4.27. The summed E-state index contributed by atoms with van der Waals surface area (Å²) in [5, 5.41) is 10.3. The lowest BCUT2D eigenvalue weighted by atomic mass is 10.0. The predicted octanol–water partition coefficient (Wildman–Crippen LogP) is 5.78. The summed E-state index contributed by atoms with van der Waals surface area (Å²) < 4.78 is 96.9. The summed E-state index contributed by atoms with van der Waals surface area (Å²) in [6.45, 7) is 3.70. The second-order valence-electron chi connectivity index (χ2n) is 8.85. The van der Waals surface area contributed by atoms with E-state index in [-0.39, 0.29) is 31.9 Å². The Morgan fingerprint density at radius 3 is 2.33 bits per heavy atom. The Morgan fingerprint density at radius 2 is 1.76 bits per heavy atom. The number of fused-ring (bicyclic) bond motifs is 2. The molecule has 5 heterocycles. The van der Waals surface area contributed by atoms with Crippen LogP contribution in [-0.2, 0) is 12.7 Å². The average molecular weight is 615 g/mol. The van der Waals surface area contributed by atoms with E-state index in [1.54, 1.807) is 13.8 Å². The number of primary amides is 1. The summed E-state index contributed by atoms with van der Waals surface area (Å²) in [5.74, 6) is -2.22. The summed E-state index contributed by atoms with van der Waals surface area (Å²) in [5.41, 5.74) is 1.45. The molecule has 0 bridgehead atoms. The number of aryl methyl sites for hydroxylation is 2. The van der Waals surface area contributed by atoms with Gasteiger partial charge in [-0.05, 0) is 31.5 Å². The Bertz CT molecular complexity index is 1880. The lowest BCUT2D eigenvalue weighted by molar-refractivity contribution is -0.140. The number of nitrogens with zero attached hydrogens (tertiary/aromatic N) is 6. The number of hydrogen-bond donors (Lipinski definition) is 2. The van der Waals surface area contributed by atoms with Crippen LogP contribution in [0.4, 0.5) is 36.4 Å². The maximum atomic E-state index is 13.8. The van der Waals surface area contributed by atoms with E-state index in [4.69, 9.17) is 5.73 Å². The first-order valence-corrected chi connectivity index (χ1v) is 12.7. The van der Waals surface area contributed by atoms with Crippen molar-refractivity contribution in [3.8, 4) is 11.1 Å². The minimum absolute atomic E-state index is 0.0657. The van der Waals surface area contributed by atoms with E-state index in [0.717, 1.165) is 12.1 Å². The number of hydrogen-bond acceptors (Lipinski definition) is 7. The molecule has 5 aromatic rings. The predicted molar refractivity (Wildman–Crippen MR) is 136 cm³/mol. The molecule has 0 fully saturated rings. The van der Waals surface area contributed by atoms with Crippen molar-refractivity contribution in [1.29, 1.82) is 0 Å². The zero-order valence-electron chi connectivity index (χ0n) is 21.3. The second-order valence-corrected chi connectivity index (χ2v) is 9.85. The van der Waals surface area contributed by atoms with E-state index >= 15 is 0 Å². The molecular formula is C24H17F7N8O2S. The zero-order chi connectivity index (χ0) is 30.7. The highest BCUT2D eigenvalue weighted by Crippen LogP contribution is 2.44. The lowest BCUT2D eigenvalue weighted by Gasteiger charge is -2.11. The fraction of sp³-hybridized carbons (Fsp3) is 0.250. The summed E-state index contributed by atoms with van der Waals surface area (Å²) in [4.78, 5) is 32.2. The van der Waals surface area contributed by atoms with Gasteiger partial charge in [0.2, 0.25) is 0 Å². The van der Waals surface area contributed by atoms with Gasteiger partial charge in [0.15, 0.2) is 11.3 Å². The van der Waals surface area contributed by atoms with E-state index in [1.165, 1.54) is 10.9 Å². The standard InChI is InChI=1S/C24H17F7N8O2S/c1-3-38-7-10(8(2)36-38)9-4-14(24(29,30)31)34-23-16(9)17(18(42-23)21(32)40)35-22(41)12-6-15-33-11(19(25)26)5-13(20(27)28)39(15)37-12/h4-7,19-20H,3H2,1-2H3,(H2,32,40)(H,35,41). The third-order valence-corrected chi connectivity index (χ3v) is 7.23. The molecule has 220 valence electrons. The van der Waals surface area contributed by atoms with Crippen LogP contribution in [0.5, 0.6) is 0 Å². The molecule has 5 aromatic heterocycles. The molecule has 2 amide bonds. The number of carbonyl (C=O) groups is 2. The summed E-state index contributed by atoms with van der Waals surface area (Å²) in [6.07, 6.45) is -9.84. The normalized spacial score (nSPS) is 12.3. The number of pyridine rings is 1. The molecule has 0 saturated carbocycles. The van der Waals surface area contributed by atoms with Gasteiger partial charge in [-0.2, -0.15) is 23.4 Å². The van der Waals surface area contributed by atoms with Gasteiger partial charge < -0.3 is 11.1 Å². The highest BCUT2D eigenvalue weighted by molar-refractivity contribution is 7.21. The topological polar surface area (TPSA) is 133 Å². The van der Waals surface area contributed by atoms with Gasteiger partial charge in [0, 0.05) is 29.8 Å². The van der Waals surface area contributed by atoms with Crippen molar-refractivity contribution in [3.63, 3.8) is 0 Å². The molecule has 0 aliphatic rings. The molecule has 18 heteroatoms. The molecule has 10 nitrogen and oxygen atoms in total. The molecular weight excluding hydrogens is 597 g/mol. The maximum absolute atomic E-state index is 13.8. The largest absolute Gasteiger partial charge is 0.433 e. The molecule has 0 aromatic carbocycles. The van der Waals surface area contributed by atoms with Crippen LogP contribution in [0.2, 0.25) is 0 Å². The van der Waals surface area contributed by atoms with Crippen molar-refractivity contribution in [3.05, 3.63) is 57.7 Å². The molecule has 0 atom stereocenters. The highest BCUT2D eigenvalue weighted by atomic mass is 32.1. The van der Waals surface area contributed by atoms with Crippen molar-refractivity contribution < 1.29 is 40.3 Å². The first-order chi connectivity index (χ1) is 19.7. The van der Waals surface area contributed by atoms with Crippen LogP contribution >= 0.6 is 11.3 Å². The summed E-state index contributed by atoms with van der Waals surface area (Å²) in [6, 6.07) is 2.06. The van der Waals surface area contributed by atoms with Gasteiger partial charge in [0.25, 0.3) is 24.7 Å². The quantitative estimate of drug-likeness (QED) is 0.224. The van der Waals surface area contributed by atoms with Crippen molar-refractivity contribution in [2.24, 2.45) is 5.73 Å². The Kier molecular flexibility index (Phi) is 7.12. The van der Waals surface area contributed by atoms with Crippen molar-refractivity contribution >= 4 is 44.7 Å². The first kappa shape index (κ1) is 28.9. The Balaban J connectivity index is 1.71. The van der Waals surface area contributed by atoms with Crippen LogP contribution in [0.3, 0.4) is 0 Å². The van der Waals surface area contributed by atoms with Gasteiger partial charge in [-0.1, -0.05) is 0 Å². The number of alkyl halides is 7. The SMILES string of the molecule is CCn1cc(-c2cc(C(F)(F)F)nc3sc(C(N)=O)c(NC(=O)c4cc5nc(C(F)F)cc(C(F)F)n5n4)c23)c(C)n1. The fourth-order valence-corrected chi connectivity index (χ4v) is 5.27. The highest BCUT2D eigenvalue weighted by Gasteiger charge is 2.36. The molecule has 0 saturated heterocycles. The maximum Gasteiger partial charge on any atom is 0.433 e. The molecule has 0 radical (unpaired) electrons. The van der Waals surface area contributed by atoms with E-state index in [0.29, 0.717) is 34.2 Å². The number of rotatable bonds is 7. The third-order valence-electron chi connectivity index (χ3n) is 6.13. The molecule has 5 rings (SSSR count). The van der Waals surface area contributed by atoms with Crippen LogP contribution in [0.15, 0.2) is 24.4 Å². The molecule has 0 aliphatic heterocycles. The third kappa shape index (κ3) is 5.01. The number of amides is 2. The minimum atomic E-state index is -4.87. The molecule has 0 aliphatic carbocycles.